The van der Waals surface area contributed by atoms with E-state index in [2.05, 4.69) is 40.7 Å². The van der Waals surface area contributed by atoms with Crippen LogP contribution < -0.4 is 30.2 Å². The van der Waals surface area contributed by atoms with Crippen molar-refractivity contribution in [3.05, 3.63) is 60.3 Å². The number of methoxy groups -OCH3 is 2. The minimum absolute atomic E-state index is 0.0252. The van der Waals surface area contributed by atoms with Gasteiger partial charge in [-0.1, -0.05) is 0 Å². The lowest BCUT2D eigenvalue weighted by Gasteiger charge is -2.15. The maximum absolute atomic E-state index is 13.6. The maximum Gasteiger partial charge on any atom is 0.573 e. The van der Waals surface area contributed by atoms with Crippen molar-refractivity contribution in [2.24, 2.45) is 0 Å². The van der Waals surface area contributed by atoms with Gasteiger partial charge in [0.2, 0.25) is 0 Å². The summed E-state index contributed by atoms with van der Waals surface area (Å²) in [7, 11) is 4.76. The van der Waals surface area contributed by atoms with E-state index in [4.69, 9.17) is 9.47 Å². The van der Waals surface area contributed by atoms with Crippen LogP contribution in [0.4, 0.5) is 39.4 Å². The zero-order valence-electron chi connectivity index (χ0n) is 23.5. The summed E-state index contributed by atoms with van der Waals surface area (Å²) >= 11 is 0. The highest BCUT2D eigenvalue weighted by Crippen LogP contribution is 2.36. The average Bonchev–Trinajstić information content (AvgIpc) is 3.43. The number of rotatable bonds is 13. The van der Waals surface area contributed by atoms with Gasteiger partial charge in [0.05, 0.1) is 27.0 Å². The van der Waals surface area contributed by atoms with Crippen molar-refractivity contribution in [3.8, 4) is 28.4 Å². The molecule has 1 unspecified atom stereocenters. The van der Waals surface area contributed by atoms with Crippen LogP contribution in [0.3, 0.4) is 0 Å². The summed E-state index contributed by atoms with van der Waals surface area (Å²) in [5.41, 5.74) is 1.05. The zero-order chi connectivity index (χ0) is 31.1. The third kappa shape index (κ3) is 8.41. The van der Waals surface area contributed by atoms with Crippen molar-refractivity contribution in [2.45, 2.75) is 38.8 Å². The van der Waals surface area contributed by atoms with Gasteiger partial charge in [-0.05, 0) is 26.1 Å². The molecule has 0 radical (unpaired) electrons. The monoisotopic (exact) mass is 608 g/mol. The zero-order valence-corrected chi connectivity index (χ0v) is 23.5. The van der Waals surface area contributed by atoms with E-state index in [9.17, 15) is 22.0 Å². The van der Waals surface area contributed by atoms with Gasteiger partial charge in [0.15, 0.2) is 5.82 Å². The summed E-state index contributed by atoms with van der Waals surface area (Å²) in [5.74, 6) is -0.560. The second kappa shape index (κ2) is 13.5. The average molecular weight is 609 g/mol. The minimum Gasteiger partial charge on any atom is -0.497 e. The molecule has 0 bridgehead atoms. The van der Waals surface area contributed by atoms with E-state index in [1.807, 2.05) is 6.92 Å². The number of benzene rings is 1. The molecular weight excluding hydrogens is 579 g/mol. The third-order valence-corrected chi connectivity index (χ3v) is 6.14. The van der Waals surface area contributed by atoms with Crippen molar-refractivity contribution in [2.75, 3.05) is 31.9 Å². The van der Waals surface area contributed by atoms with Crippen LogP contribution in [0.15, 0.2) is 48.9 Å². The Kier molecular flexibility index (Phi) is 9.80. The summed E-state index contributed by atoms with van der Waals surface area (Å²) in [6, 6.07) is 7.48. The van der Waals surface area contributed by atoms with Gasteiger partial charge in [-0.3, -0.25) is 4.68 Å². The van der Waals surface area contributed by atoms with Gasteiger partial charge >= 0.3 is 6.36 Å². The lowest BCUT2D eigenvalue weighted by molar-refractivity contribution is -0.274. The Morgan fingerprint density at radius 1 is 0.953 bits per heavy atom. The SMILES string of the molecule is CNC(C)Cn1cc(-c2cnc(Nc3cc(NCc4ccc(OC)cc4OC)nc(C(F)F)n3)cc2OC(F)(F)F)cn1. The molecule has 4 aromatic rings. The largest absolute Gasteiger partial charge is 0.573 e. The van der Waals surface area contributed by atoms with Crippen LogP contribution in [0.25, 0.3) is 11.1 Å². The minimum atomic E-state index is -5.01. The second-order valence-electron chi connectivity index (χ2n) is 9.21. The number of ether oxygens (including phenoxy) is 3. The Morgan fingerprint density at radius 3 is 2.40 bits per heavy atom. The molecule has 3 aromatic heterocycles. The predicted octanol–water partition coefficient (Wildman–Crippen LogP) is 5.55. The lowest BCUT2D eigenvalue weighted by atomic mass is 10.1. The smallest absolute Gasteiger partial charge is 0.497 e. The van der Waals surface area contributed by atoms with Gasteiger partial charge in [-0.15, -0.1) is 13.2 Å². The molecule has 0 saturated carbocycles. The van der Waals surface area contributed by atoms with Crippen LogP contribution in [-0.2, 0) is 13.1 Å². The highest BCUT2D eigenvalue weighted by Gasteiger charge is 2.33. The van der Waals surface area contributed by atoms with Gasteiger partial charge in [-0.2, -0.15) is 5.10 Å². The Morgan fingerprint density at radius 2 is 1.72 bits per heavy atom. The molecule has 0 saturated heterocycles. The Bertz CT molecular complexity index is 1530. The van der Waals surface area contributed by atoms with Crippen molar-refractivity contribution >= 4 is 17.5 Å². The molecular formula is C27H29F5N8O3. The summed E-state index contributed by atoms with van der Waals surface area (Å²) in [6.07, 6.45) is -3.92. The number of pyridine rings is 1. The van der Waals surface area contributed by atoms with E-state index in [1.54, 1.807) is 36.1 Å². The van der Waals surface area contributed by atoms with Crippen molar-refractivity contribution in [1.82, 2.24) is 30.0 Å². The molecule has 0 aliphatic rings. The summed E-state index contributed by atoms with van der Waals surface area (Å²) in [5, 5.41) is 12.8. The first-order valence-electron chi connectivity index (χ1n) is 12.8. The highest BCUT2D eigenvalue weighted by atomic mass is 19.4. The van der Waals surface area contributed by atoms with Gasteiger partial charge in [0.1, 0.15) is 34.7 Å². The van der Waals surface area contributed by atoms with E-state index in [-0.39, 0.29) is 35.6 Å². The number of aromatic nitrogens is 5. The summed E-state index contributed by atoms with van der Waals surface area (Å²) < 4.78 is 83.6. The molecule has 0 spiro atoms. The summed E-state index contributed by atoms with van der Waals surface area (Å²) in [4.78, 5) is 11.8. The Hall–Kier alpha value is -4.73. The molecule has 3 N–H and O–H groups in total. The van der Waals surface area contributed by atoms with Gasteiger partial charge in [0, 0.05) is 59.9 Å². The topological polar surface area (TPSA) is 120 Å². The number of likely N-dealkylation sites (N-methyl/N-ethyl adjacent to an activating group) is 1. The van der Waals surface area contributed by atoms with E-state index in [0.717, 1.165) is 12.3 Å². The van der Waals surface area contributed by atoms with E-state index >= 15 is 0 Å². The number of nitrogens with zero attached hydrogens (tertiary/aromatic N) is 5. The molecule has 1 atom stereocenters. The van der Waals surface area contributed by atoms with Crippen LogP contribution in [-0.4, -0.2) is 58.4 Å². The second-order valence-corrected chi connectivity index (χ2v) is 9.21. The Labute approximate surface area is 243 Å². The maximum atomic E-state index is 13.6. The molecule has 0 fully saturated rings. The number of anilines is 3. The molecule has 4 rings (SSSR count). The van der Waals surface area contributed by atoms with E-state index < -0.39 is 24.4 Å². The Balaban J connectivity index is 1.61. The summed E-state index contributed by atoms with van der Waals surface area (Å²) in [6.45, 7) is 2.54. The van der Waals surface area contributed by atoms with Crippen LogP contribution in [0.1, 0.15) is 24.7 Å². The fraction of sp³-hybridized carbons (Fsp3) is 0.333. The molecule has 1 aromatic carbocycles. The highest BCUT2D eigenvalue weighted by molar-refractivity contribution is 5.71. The van der Waals surface area contributed by atoms with E-state index in [1.165, 1.54) is 26.5 Å². The normalized spacial score (nSPS) is 12.2. The predicted molar refractivity (Wildman–Crippen MR) is 148 cm³/mol. The van der Waals surface area contributed by atoms with Crippen LogP contribution in [0.5, 0.6) is 17.2 Å². The quantitative estimate of drug-likeness (QED) is 0.167. The first-order valence-corrected chi connectivity index (χ1v) is 12.8. The van der Waals surface area contributed by atoms with E-state index in [0.29, 0.717) is 29.2 Å². The number of alkyl halides is 5. The molecule has 43 heavy (non-hydrogen) atoms. The molecule has 3 heterocycles. The first kappa shape index (κ1) is 31.2. The third-order valence-electron chi connectivity index (χ3n) is 6.14. The molecule has 230 valence electrons. The fourth-order valence-corrected chi connectivity index (χ4v) is 3.94. The van der Waals surface area contributed by atoms with Gasteiger partial charge in [0.25, 0.3) is 6.43 Å². The number of halogens is 5. The number of hydrogen-bond acceptors (Lipinski definition) is 10. The van der Waals surface area contributed by atoms with Crippen LogP contribution >= 0.6 is 0 Å². The fourth-order valence-electron chi connectivity index (χ4n) is 3.94. The van der Waals surface area contributed by atoms with Gasteiger partial charge < -0.3 is 30.2 Å². The van der Waals surface area contributed by atoms with Crippen LogP contribution in [0, 0.1) is 0 Å². The number of hydrogen-bond donors (Lipinski definition) is 3. The standard InChI is InChI=1S/C27H29F5N8O3/c1-15(33-2)13-40-14-17(11-36-40)19-12-35-22(8-21(19)43-27(30,31)32)37-24-9-23(38-26(39-24)25(28)29)34-10-16-5-6-18(41-3)7-20(16)42-4/h5-9,11-12,14-15,25,33H,10,13H2,1-4H3,(H2,34,35,37,38,39). The van der Waals surface area contributed by atoms with Crippen LogP contribution in [0.2, 0.25) is 0 Å². The number of nitrogens with one attached hydrogen (secondary N) is 3. The van der Waals surface area contributed by atoms with Crippen molar-refractivity contribution < 1.29 is 36.2 Å². The molecule has 0 aliphatic heterocycles. The van der Waals surface area contributed by atoms with Crippen molar-refractivity contribution in [1.29, 1.82) is 0 Å². The molecule has 0 aliphatic carbocycles. The first-order chi connectivity index (χ1) is 20.5. The molecule has 0 amide bonds. The van der Waals surface area contributed by atoms with Gasteiger partial charge in [-0.25, -0.2) is 23.7 Å². The lowest BCUT2D eigenvalue weighted by Crippen LogP contribution is -2.26. The van der Waals surface area contributed by atoms with Crippen molar-refractivity contribution in [3.63, 3.8) is 0 Å². The molecule has 11 nitrogen and oxygen atoms in total. The molecule has 16 heteroatoms.